The van der Waals surface area contributed by atoms with E-state index >= 15 is 0 Å². The number of hydrogen-bond acceptors (Lipinski definition) is 11. The minimum Gasteiger partial charge on any atom is -0.497 e. The molecule has 0 radical (unpaired) electrons. The predicted molar refractivity (Wildman–Crippen MR) is 215 cm³/mol. The molecule has 0 aliphatic carbocycles. The molecule has 0 bridgehead atoms. The van der Waals surface area contributed by atoms with Crippen molar-refractivity contribution in [2.24, 2.45) is 9.98 Å². The van der Waals surface area contributed by atoms with Gasteiger partial charge in [0, 0.05) is 56.2 Å². The number of fused-ring (bicyclic) bond motifs is 4. The smallest absolute Gasteiger partial charge is 0.260 e. The van der Waals surface area contributed by atoms with Crippen LogP contribution in [0.15, 0.2) is 95.2 Å². The number of carbonyl (C=O) groups excluding carboxylic acids is 2. The van der Waals surface area contributed by atoms with Crippen LogP contribution in [0.5, 0.6) is 34.5 Å². The highest BCUT2D eigenvalue weighted by Gasteiger charge is 2.35. The first kappa shape index (κ1) is 37.3. The summed E-state index contributed by atoms with van der Waals surface area (Å²) < 4.78 is 34.3. The molecule has 1 N–H and O–H groups in total. The lowest BCUT2D eigenvalue weighted by atomic mass is 10.0. The Bertz CT molecular complexity index is 2300. The molecule has 0 fully saturated rings. The van der Waals surface area contributed by atoms with Crippen molar-refractivity contribution in [1.29, 1.82) is 0 Å². The Labute approximate surface area is 330 Å². The van der Waals surface area contributed by atoms with Crippen molar-refractivity contribution in [3.05, 3.63) is 107 Å². The quantitative estimate of drug-likeness (QED) is 0.136. The SMILES string of the molecule is COc1ccc(C2=CN3C(=O)c4cc(OC)c(OCCCOc5cc6c(cc5OC)C(=O)N5C=C(c7ccc(OCCO)cc7)CC5C=N6)cc4N=CC3C2)cc1. The molecule has 4 aromatic carbocycles. The van der Waals surface area contributed by atoms with E-state index in [9.17, 15) is 9.59 Å². The molecule has 0 saturated heterocycles. The molecule has 2 amide bonds. The Morgan fingerprint density at radius 2 is 1.07 bits per heavy atom. The number of benzene rings is 4. The average Bonchev–Trinajstić information content (AvgIpc) is 3.83. The molecule has 0 saturated carbocycles. The number of rotatable bonds is 14. The molecule has 4 heterocycles. The maximum Gasteiger partial charge on any atom is 0.260 e. The van der Waals surface area contributed by atoms with Gasteiger partial charge in [-0.25, -0.2) is 0 Å². The molecular formula is C44H42N4O9. The molecule has 57 heavy (non-hydrogen) atoms. The topological polar surface area (TPSA) is 141 Å². The van der Waals surface area contributed by atoms with Gasteiger partial charge in [-0.1, -0.05) is 24.3 Å². The minimum absolute atomic E-state index is 0.0539. The van der Waals surface area contributed by atoms with E-state index in [4.69, 9.17) is 43.5 Å². The first-order valence-corrected chi connectivity index (χ1v) is 18.7. The van der Waals surface area contributed by atoms with Crippen molar-refractivity contribution in [1.82, 2.24) is 9.80 Å². The van der Waals surface area contributed by atoms with Crippen LogP contribution in [0.1, 0.15) is 51.1 Å². The highest BCUT2D eigenvalue weighted by molar-refractivity contribution is 6.06. The summed E-state index contributed by atoms with van der Waals surface area (Å²) in [6, 6.07) is 21.8. The predicted octanol–water partition coefficient (Wildman–Crippen LogP) is 6.87. The van der Waals surface area contributed by atoms with Crippen molar-refractivity contribution in [2.75, 3.05) is 47.8 Å². The van der Waals surface area contributed by atoms with Crippen LogP contribution in [0.25, 0.3) is 11.1 Å². The highest BCUT2D eigenvalue weighted by Crippen LogP contribution is 2.42. The Morgan fingerprint density at radius 3 is 1.51 bits per heavy atom. The number of hydrogen-bond donors (Lipinski definition) is 1. The fraction of sp³-hybridized carbons (Fsp3) is 0.273. The van der Waals surface area contributed by atoms with Gasteiger partial charge in [-0.15, -0.1) is 0 Å². The van der Waals surface area contributed by atoms with Crippen molar-refractivity contribution < 1.29 is 43.1 Å². The Hall–Kier alpha value is -6.60. The van der Waals surface area contributed by atoms with Crippen LogP contribution in [0.3, 0.4) is 0 Å². The van der Waals surface area contributed by atoms with E-state index in [1.54, 1.807) is 47.4 Å². The van der Waals surface area contributed by atoms with E-state index in [0.717, 1.165) is 28.0 Å². The van der Waals surface area contributed by atoms with E-state index < -0.39 is 0 Å². The van der Waals surface area contributed by atoms with Gasteiger partial charge in [-0.3, -0.25) is 19.6 Å². The lowest BCUT2D eigenvalue weighted by Crippen LogP contribution is -2.32. The molecule has 4 aromatic rings. The van der Waals surface area contributed by atoms with Gasteiger partial charge < -0.3 is 43.3 Å². The van der Waals surface area contributed by atoms with Crippen LogP contribution in [0.4, 0.5) is 11.4 Å². The summed E-state index contributed by atoms with van der Waals surface area (Å²) in [6.45, 7) is 0.762. The highest BCUT2D eigenvalue weighted by atomic mass is 16.5. The number of nitrogens with zero attached hydrogens (tertiary/aromatic N) is 4. The van der Waals surface area contributed by atoms with Gasteiger partial charge in [-0.2, -0.15) is 0 Å². The zero-order valence-electron chi connectivity index (χ0n) is 31.8. The third-order valence-corrected chi connectivity index (χ3v) is 10.3. The molecule has 2 atom stereocenters. The molecular weight excluding hydrogens is 729 g/mol. The lowest BCUT2D eigenvalue weighted by Gasteiger charge is -2.19. The van der Waals surface area contributed by atoms with Crippen molar-refractivity contribution in [3.8, 4) is 34.5 Å². The van der Waals surface area contributed by atoms with Gasteiger partial charge in [0.2, 0.25) is 0 Å². The second-order valence-corrected chi connectivity index (χ2v) is 13.7. The van der Waals surface area contributed by atoms with Crippen LogP contribution in [0, 0.1) is 0 Å². The van der Waals surface area contributed by atoms with Crippen molar-refractivity contribution in [3.63, 3.8) is 0 Å². The largest absolute Gasteiger partial charge is 0.497 e. The number of amides is 2. The van der Waals surface area contributed by atoms with Crippen LogP contribution in [0.2, 0.25) is 0 Å². The third kappa shape index (κ3) is 7.53. The second-order valence-electron chi connectivity index (χ2n) is 13.7. The van der Waals surface area contributed by atoms with E-state index in [2.05, 4.69) is 0 Å². The number of aliphatic hydroxyl groups excluding tert-OH is 1. The Kier molecular flexibility index (Phi) is 10.6. The molecule has 2 unspecified atom stereocenters. The van der Waals surface area contributed by atoms with E-state index in [0.29, 0.717) is 83.7 Å². The average molecular weight is 771 g/mol. The molecule has 0 spiro atoms. The summed E-state index contributed by atoms with van der Waals surface area (Å²) in [7, 11) is 4.70. The molecule has 13 heteroatoms. The molecule has 8 rings (SSSR count). The minimum atomic E-state index is -0.238. The summed E-state index contributed by atoms with van der Waals surface area (Å²) in [5, 5.41) is 9.02. The first-order valence-electron chi connectivity index (χ1n) is 18.7. The first-order chi connectivity index (χ1) is 27.9. The van der Waals surface area contributed by atoms with Gasteiger partial charge in [-0.05, 0) is 58.7 Å². The van der Waals surface area contributed by atoms with E-state index in [-0.39, 0.29) is 37.1 Å². The van der Waals surface area contributed by atoms with Gasteiger partial charge in [0.15, 0.2) is 23.0 Å². The fourth-order valence-electron chi connectivity index (χ4n) is 7.30. The summed E-state index contributed by atoms with van der Waals surface area (Å²) in [6.07, 6.45) is 9.14. The zero-order chi connectivity index (χ0) is 39.5. The molecule has 4 aliphatic rings. The van der Waals surface area contributed by atoms with E-state index in [1.807, 2.05) is 67.1 Å². The standard InChI is InChI=1S/C44H42N4O9/c1-52-33-9-5-27(6-10-33)29-17-31-23-45-37-21-41(39(53-2)19-35(37)43(50)47(31)25-29)56-14-4-15-57-42-22-38-36(20-40(42)54-3)44(51)48-26-30(18-32(48)24-46-38)28-7-11-34(12-8-28)55-16-13-49/h5-12,19-26,31-32,49H,4,13-18H2,1-3H3. The van der Waals surface area contributed by atoms with Crippen LogP contribution in [-0.4, -0.2) is 99.0 Å². The summed E-state index contributed by atoms with van der Waals surface area (Å²) in [5.74, 6) is 2.87. The van der Waals surface area contributed by atoms with Gasteiger partial charge in [0.1, 0.15) is 18.1 Å². The second kappa shape index (κ2) is 16.2. The summed E-state index contributed by atoms with van der Waals surface area (Å²) in [4.78, 5) is 40.4. The number of methoxy groups -OCH3 is 3. The Morgan fingerprint density at radius 1 is 0.596 bits per heavy atom. The lowest BCUT2D eigenvalue weighted by molar-refractivity contribution is 0.0809. The summed E-state index contributed by atoms with van der Waals surface area (Å²) in [5.41, 5.74) is 5.91. The van der Waals surface area contributed by atoms with Gasteiger partial charge in [0.25, 0.3) is 11.8 Å². The monoisotopic (exact) mass is 770 g/mol. The number of aliphatic hydroxyl groups is 1. The third-order valence-electron chi connectivity index (χ3n) is 10.3. The summed E-state index contributed by atoms with van der Waals surface area (Å²) >= 11 is 0. The normalized spacial score (nSPS) is 17.8. The molecule has 292 valence electrons. The van der Waals surface area contributed by atoms with Crippen LogP contribution >= 0.6 is 0 Å². The van der Waals surface area contributed by atoms with Crippen LogP contribution < -0.4 is 28.4 Å². The number of ether oxygens (including phenoxy) is 6. The Balaban J connectivity index is 0.895. The van der Waals surface area contributed by atoms with Gasteiger partial charge in [0.05, 0.1) is 75.7 Å². The molecule has 13 nitrogen and oxygen atoms in total. The molecule has 0 aromatic heterocycles. The van der Waals surface area contributed by atoms with Crippen LogP contribution in [-0.2, 0) is 0 Å². The number of aliphatic imine (C=N–C) groups is 2. The maximum absolute atomic E-state index is 13.8. The van der Waals surface area contributed by atoms with E-state index in [1.165, 1.54) is 14.2 Å². The van der Waals surface area contributed by atoms with Crippen molar-refractivity contribution in [2.45, 2.75) is 31.3 Å². The maximum atomic E-state index is 13.8. The molecule has 4 aliphatic heterocycles. The fourth-order valence-corrected chi connectivity index (χ4v) is 7.30. The zero-order valence-corrected chi connectivity index (χ0v) is 31.8. The van der Waals surface area contributed by atoms with Gasteiger partial charge >= 0.3 is 0 Å². The number of carbonyl (C=O) groups is 2. The van der Waals surface area contributed by atoms with Crippen molar-refractivity contribution >= 4 is 46.8 Å².